The van der Waals surface area contributed by atoms with E-state index in [1.807, 2.05) is 38.1 Å². The highest BCUT2D eigenvalue weighted by Gasteiger charge is 2.20. The number of rotatable bonds is 5. The smallest absolute Gasteiger partial charge is 0.265 e. The first-order valence-corrected chi connectivity index (χ1v) is 7.60. The van der Waals surface area contributed by atoms with Crippen LogP contribution >= 0.6 is 0 Å². The minimum atomic E-state index is -0.554. The third-order valence-electron chi connectivity index (χ3n) is 3.67. The van der Waals surface area contributed by atoms with Gasteiger partial charge in [0.05, 0.1) is 0 Å². The largest absolute Gasteiger partial charge is 0.480 e. The number of fused-ring (bicyclic) bond motifs is 1. The Morgan fingerprint density at radius 3 is 2.78 bits per heavy atom. The molecule has 1 atom stereocenters. The average Bonchev–Trinajstić information content (AvgIpc) is 3.01. The van der Waals surface area contributed by atoms with Crippen LogP contribution in [0.4, 0.5) is 5.69 Å². The van der Waals surface area contributed by atoms with E-state index in [9.17, 15) is 4.79 Å². The summed E-state index contributed by atoms with van der Waals surface area (Å²) >= 11 is 0. The van der Waals surface area contributed by atoms with Crippen molar-refractivity contribution in [3.05, 3.63) is 48.0 Å². The standard InChI is InChI=1S/C18H19NO4/c1-3-14(23-15-7-5-4-6-12(15)2)18(20)19-13-8-9-16-17(10-13)22-11-21-16/h4-10,14H,3,11H2,1-2H3,(H,19,20). The summed E-state index contributed by atoms with van der Waals surface area (Å²) in [6.45, 7) is 4.08. The van der Waals surface area contributed by atoms with E-state index in [0.29, 0.717) is 23.6 Å². The summed E-state index contributed by atoms with van der Waals surface area (Å²) in [7, 11) is 0. The van der Waals surface area contributed by atoms with Gasteiger partial charge in [-0.3, -0.25) is 4.79 Å². The lowest BCUT2D eigenvalue weighted by atomic mass is 10.2. The third kappa shape index (κ3) is 3.39. The molecule has 5 nitrogen and oxygen atoms in total. The van der Waals surface area contributed by atoms with Crippen LogP contribution in [0.5, 0.6) is 17.2 Å². The monoisotopic (exact) mass is 313 g/mol. The van der Waals surface area contributed by atoms with E-state index in [1.54, 1.807) is 18.2 Å². The van der Waals surface area contributed by atoms with Crippen LogP contribution in [0.1, 0.15) is 18.9 Å². The Kier molecular flexibility index (Phi) is 4.37. The number of benzene rings is 2. The van der Waals surface area contributed by atoms with Crippen molar-refractivity contribution >= 4 is 11.6 Å². The third-order valence-corrected chi connectivity index (χ3v) is 3.67. The van der Waals surface area contributed by atoms with Gasteiger partial charge in [0.2, 0.25) is 6.79 Å². The number of anilines is 1. The zero-order valence-electron chi connectivity index (χ0n) is 13.2. The van der Waals surface area contributed by atoms with E-state index in [1.165, 1.54) is 0 Å². The molecule has 0 bridgehead atoms. The zero-order chi connectivity index (χ0) is 16.2. The maximum atomic E-state index is 12.5. The fraction of sp³-hybridized carbons (Fsp3) is 0.278. The molecule has 1 aliphatic rings. The number of amides is 1. The van der Waals surface area contributed by atoms with Crippen LogP contribution in [-0.4, -0.2) is 18.8 Å². The van der Waals surface area contributed by atoms with Crippen LogP contribution in [0.25, 0.3) is 0 Å². The van der Waals surface area contributed by atoms with Crippen molar-refractivity contribution in [1.82, 2.24) is 0 Å². The Morgan fingerprint density at radius 2 is 2.00 bits per heavy atom. The Hall–Kier alpha value is -2.69. The van der Waals surface area contributed by atoms with Gasteiger partial charge in [0.1, 0.15) is 5.75 Å². The van der Waals surface area contributed by atoms with Crippen LogP contribution in [0, 0.1) is 6.92 Å². The first-order chi connectivity index (χ1) is 11.2. The lowest BCUT2D eigenvalue weighted by Gasteiger charge is -2.18. The number of para-hydroxylation sites is 1. The number of carbonyl (C=O) groups is 1. The van der Waals surface area contributed by atoms with E-state index in [-0.39, 0.29) is 12.7 Å². The van der Waals surface area contributed by atoms with Crippen molar-refractivity contribution in [2.24, 2.45) is 0 Å². The van der Waals surface area contributed by atoms with Gasteiger partial charge >= 0.3 is 0 Å². The topological polar surface area (TPSA) is 56.8 Å². The molecule has 0 aromatic heterocycles. The number of ether oxygens (including phenoxy) is 3. The summed E-state index contributed by atoms with van der Waals surface area (Å²) in [5.74, 6) is 1.86. The average molecular weight is 313 g/mol. The van der Waals surface area contributed by atoms with Crippen LogP contribution in [0.15, 0.2) is 42.5 Å². The molecule has 0 aliphatic carbocycles. The SMILES string of the molecule is CCC(Oc1ccccc1C)C(=O)Nc1ccc2c(c1)OCO2. The van der Waals surface area contributed by atoms with Crippen molar-refractivity contribution in [2.45, 2.75) is 26.4 Å². The summed E-state index contributed by atoms with van der Waals surface area (Å²) in [4.78, 5) is 12.5. The second kappa shape index (κ2) is 6.60. The van der Waals surface area contributed by atoms with Crippen molar-refractivity contribution in [2.75, 3.05) is 12.1 Å². The number of hydrogen-bond donors (Lipinski definition) is 1. The summed E-state index contributed by atoms with van der Waals surface area (Å²) in [6.07, 6.45) is 0.0200. The van der Waals surface area contributed by atoms with Gasteiger partial charge < -0.3 is 19.5 Å². The number of aryl methyl sites for hydroxylation is 1. The molecule has 0 fully saturated rings. The second-order valence-corrected chi connectivity index (χ2v) is 5.34. The van der Waals surface area contributed by atoms with E-state index in [2.05, 4.69) is 5.32 Å². The predicted molar refractivity (Wildman–Crippen MR) is 87.1 cm³/mol. The molecular formula is C18H19NO4. The molecule has 3 rings (SSSR count). The number of hydrogen-bond acceptors (Lipinski definition) is 4. The van der Waals surface area contributed by atoms with Gasteiger partial charge in [-0.2, -0.15) is 0 Å². The normalized spacial score (nSPS) is 13.5. The molecule has 0 saturated carbocycles. The second-order valence-electron chi connectivity index (χ2n) is 5.34. The Bertz CT molecular complexity index is 714. The molecule has 0 saturated heterocycles. The van der Waals surface area contributed by atoms with E-state index in [0.717, 1.165) is 11.3 Å². The molecule has 1 aliphatic heterocycles. The van der Waals surface area contributed by atoms with E-state index in [4.69, 9.17) is 14.2 Å². The van der Waals surface area contributed by atoms with E-state index < -0.39 is 6.10 Å². The Labute approximate surface area is 135 Å². The van der Waals surface area contributed by atoms with Gasteiger partial charge in [0, 0.05) is 11.8 Å². The highest BCUT2D eigenvalue weighted by Crippen LogP contribution is 2.34. The van der Waals surface area contributed by atoms with Gasteiger partial charge in [-0.05, 0) is 37.1 Å². The molecule has 23 heavy (non-hydrogen) atoms. The van der Waals surface area contributed by atoms with Crippen molar-refractivity contribution < 1.29 is 19.0 Å². The summed E-state index contributed by atoms with van der Waals surface area (Å²) < 4.78 is 16.4. The summed E-state index contributed by atoms with van der Waals surface area (Å²) in [5, 5.41) is 2.86. The fourth-order valence-electron chi connectivity index (χ4n) is 2.36. The minimum absolute atomic E-state index is 0.186. The predicted octanol–water partition coefficient (Wildman–Crippen LogP) is 3.52. The first-order valence-electron chi connectivity index (χ1n) is 7.60. The molecule has 1 amide bonds. The number of carbonyl (C=O) groups excluding carboxylic acids is 1. The van der Waals surface area contributed by atoms with Crippen LogP contribution in [0.2, 0.25) is 0 Å². The van der Waals surface area contributed by atoms with Gasteiger partial charge in [0.25, 0.3) is 5.91 Å². The van der Waals surface area contributed by atoms with Crippen molar-refractivity contribution in [1.29, 1.82) is 0 Å². The highest BCUT2D eigenvalue weighted by molar-refractivity contribution is 5.94. The lowest BCUT2D eigenvalue weighted by Crippen LogP contribution is -2.32. The number of nitrogens with one attached hydrogen (secondary N) is 1. The highest BCUT2D eigenvalue weighted by atomic mass is 16.7. The van der Waals surface area contributed by atoms with Gasteiger partial charge in [-0.25, -0.2) is 0 Å². The molecule has 2 aromatic rings. The lowest BCUT2D eigenvalue weighted by molar-refractivity contribution is -0.122. The van der Waals surface area contributed by atoms with Crippen LogP contribution < -0.4 is 19.5 Å². The van der Waals surface area contributed by atoms with Crippen LogP contribution in [-0.2, 0) is 4.79 Å². The summed E-state index contributed by atoms with van der Waals surface area (Å²) in [5.41, 5.74) is 1.66. The zero-order valence-corrected chi connectivity index (χ0v) is 13.2. The molecule has 1 unspecified atom stereocenters. The minimum Gasteiger partial charge on any atom is -0.480 e. The summed E-state index contributed by atoms with van der Waals surface area (Å²) in [6, 6.07) is 13.0. The van der Waals surface area contributed by atoms with Crippen LogP contribution in [0.3, 0.4) is 0 Å². The van der Waals surface area contributed by atoms with Crippen molar-refractivity contribution in [3.63, 3.8) is 0 Å². The molecule has 5 heteroatoms. The van der Waals surface area contributed by atoms with Gasteiger partial charge in [0.15, 0.2) is 17.6 Å². The van der Waals surface area contributed by atoms with E-state index >= 15 is 0 Å². The Morgan fingerprint density at radius 1 is 1.22 bits per heavy atom. The molecule has 1 N–H and O–H groups in total. The molecular weight excluding hydrogens is 294 g/mol. The Balaban J connectivity index is 1.69. The molecule has 0 radical (unpaired) electrons. The van der Waals surface area contributed by atoms with Crippen molar-refractivity contribution in [3.8, 4) is 17.2 Å². The molecule has 1 heterocycles. The van der Waals surface area contributed by atoms with Gasteiger partial charge in [-0.15, -0.1) is 0 Å². The maximum Gasteiger partial charge on any atom is 0.265 e. The molecule has 0 spiro atoms. The fourth-order valence-corrected chi connectivity index (χ4v) is 2.36. The van der Waals surface area contributed by atoms with Gasteiger partial charge in [-0.1, -0.05) is 25.1 Å². The first kappa shape index (κ1) is 15.2. The molecule has 120 valence electrons. The quantitative estimate of drug-likeness (QED) is 0.917. The maximum absolute atomic E-state index is 12.5. The molecule has 2 aromatic carbocycles.